The lowest BCUT2D eigenvalue weighted by atomic mass is 9.85. The number of carbonyl (C=O) groups is 4. The normalized spacial score (nSPS) is 24.4. The molecule has 2 aliphatic rings. The largest absolute Gasteiger partial charge is 0.480 e. The molecule has 5 atom stereocenters. The fraction of sp³-hybridized carbons (Fsp3) is 0.636. The second kappa shape index (κ2) is 9.22. The molecule has 1 saturated carbocycles. The van der Waals surface area contributed by atoms with Gasteiger partial charge in [-0.25, -0.2) is 9.78 Å². The smallest absolute Gasteiger partial charge is 0.326 e. The van der Waals surface area contributed by atoms with Gasteiger partial charge in [-0.1, -0.05) is 27.2 Å². The van der Waals surface area contributed by atoms with Crippen molar-refractivity contribution in [1.29, 1.82) is 0 Å². The first kappa shape index (κ1) is 23.6. The van der Waals surface area contributed by atoms with Crippen LogP contribution in [-0.4, -0.2) is 68.3 Å². The Hall–Kier alpha value is -3.04. The van der Waals surface area contributed by atoms with Gasteiger partial charge in [-0.05, 0) is 37.0 Å². The molecule has 0 bridgehead atoms. The number of nitrogens with one attached hydrogen (secondary N) is 2. The molecular formula is C22H31N5O5. The van der Waals surface area contributed by atoms with Gasteiger partial charge < -0.3 is 20.6 Å². The highest BCUT2D eigenvalue weighted by atomic mass is 16.4. The fourth-order valence-electron chi connectivity index (χ4n) is 4.68. The molecule has 174 valence electrons. The first-order valence-electron chi connectivity index (χ1n) is 10.9. The van der Waals surface area contributed by atoms with E-state index in [0.29, 0.717) is 6.54 Å². The van der Waals surface area contributed by atoms with E-state index in [2.05, 4.69) is 20.6 Å². The third kappa shape index (κ3) is 4.89. The number of hydrogen-bond acceptors (Lipinski definition) is 6. The van der Waals surface area contributed by atoms with Gasteiger partial charge in [-0.15, -0.1) is 0 Å². The molecule has 0 radical (unpaired) electrons. The molecule has 10 nitrogen and oxygen atoms in total. The van der Waals surface area contributed by atoms with Crippen molar-refractivity contribution in [2.45, 2.75) is 65.1 Å². The third-order valence-electron chi connectivity index (χ3n) is 6.36. The predicted octanol–water partition coefficient (Wildman–Crippen LogP) is 0.838. The number of carboxylic acids is 1. The van der Waals surface area contributed by atoms with Crippen molar-refractivity contribution in [3.63, 3.8) is 0 Å². The maximum absolute atomic E-state index is 13.5. The number of aromatic nitrogens is 2. The Labute approximate surface area is 187 Å². The van der Waals surface area contributed by atoms with E-state index < -0.39 is 47.2 Å². The number of carboxylic acid groups (broad SMARTS) is 1. The van der Waals surface area contributed by atoms with E-state index in [9.17, 15) is 24.3 Å². The summed E-state index contributed by atoms with van der Waals surface area (Å²) in [5, 5.41) is 15.1. The van der Waals surface area contributed by atoms with Crippen LogP contribution in [0.3, 0.4) is 0 Å². The van der Waals surface area contributed by atoms with Gasteiger partial charge in [-0.2, -0.15) is 0 Å². The molecule has 32 heavy (non-hydrogen) atoms. The topological polar surface area (TPSA) is 142 Å². The van der Waals surface area contributed by atoms with Crippen LogP contribution in [0.4, 0.5) is 0 Å². The fourth-order valence-corrected chi connectivity index (χ4v) is 4.68. The number of fused-ring (bicyclic) bond motifs is 1. The minimum absolute atomic E-state index is 0.0436. The van der Waals surface area contributed by atoms with Crippen molar-refractivity contribution in [1.82, 2.24) is 25.5 Å². The molecule has 3 N–H and O–H groups in total. The Morgan fingerprint density at radius 3 is 2.47 bits per heavy atom. The zero-order valence-corrected chi connectivity index (χ0v) is 18.9. The van der Waals surface area contributed by atoms with Gasteiger partial charge in [0.25, 0.3) is 5.91 Å². The average molecular weight is 446 g/mol. The number of amides is 3. The summed E-state index contributed by atoms with van der Waals surface area (Å²) in [6.07, 6.45) is 6.78. The van der Waals surface area contributed by atoms with Crippen molar-refractivity contribution < 1.29 is 24.3 Å². The monoisotopic (exact) mass is 445 g/mol. The Bertz CT molecular complexity index is 884. The second-order valence-electron chi connectivity index (χ2n) is 9.72. The van der Waals surface area contributed by atoms with E-state index in [-0.39, 0.29) is 17.5 Å². The molecule has 2 heterocycles. The molecule has 3 rings (SSSR count). The summed E-state index contributed by atoms with van der Waals surface area (Å²) in [7, 11) is 0. The number of aliphatic carboxylic acids is 1. The standard InChI is InChI=1S/C22H31N5O5/c1-12(25-19(29)15-10-23-8-9-24-15)18(28)26-17(22(2,3)4)20(30)27-11-13-6-5-7-14(13)16(27)21(31)32/h8-10,12-14,16-17H,5-7,11H2,1-4H3,(H,25,29)(H,26,28)(H,31,32)/t12-,13-,14-,16-,17+/m0/s1. The third-order valence-corrected chi connectivity index (χ3v) is 6.36. The molecule has 1 aliphatic carbocycles. The van der Waals surface area contributed by atoms with Gasteiger partial charge in [0.1, 0.15) is 23.8 Å². The second-order valence-corrected chi connectivity index (χ2v) is 9.72. The quantitative estimate of drug-likeness (QED) is 0.589. The molecule has 1 aromatic heterocycles. The Kier molecular flexibility index (Phi) is 6.80. The van der Waals surface area contributed by atoms with Gasteiger partial charge in [-0.3, -0.25) is 19.4 Å². The van der Waals surface area contributed by atoms with Crippen molar-refractivity contribution in [3.05, 3.63) is 24.3 Å². The minimum atomic E-state index is -1.00. The molecule has 10 heteroatoms. The zero-order valence-electron chi connectivity index (χ0n) is 18.9. The molecule has 3 amide bonds. The van der Waals surface area contributed by atoms with E-state index in [0.717, 1.165) is 19.3 Å². The van der Waals surface area contributed by atoms with Crippen LogP contribution in [0.5, 0.6) is 0 Å². The van der Waals surface area contributed by atoms with E-state index >= 15 is 0 Å². The highest BCUT2D eigenvalue weighted by molar-refractivity contribution is 5.97. The van der Waals surface area contributed by atoms with Crippen LogP contribution in [0.25, 0.3) is 0 Å². The van der Waals surface area contributed by atoms with Gasteiger partial charge >= 0.3 is 5.97 Å². The van der Waals surface area contributed by atoms with Crippen LogP contribution in [-0.2, 0) is 14.4 Å². The van der Waals surface area contributed by atoms with Crippen molar-refractivity contribution in [2.24, 2.45) is 17.3 Å². The number of rotatable bonds is 6. The lowest BCUT2D eigenvalue weighted by Gasteiger charge is -2.36. The maximum atomic E-state index is 13.5. The molecule has 2 fully saturated rings. The van der Waals surface area contributed by atoms with Gasteiger partial charge in [0.05, 0.1) is 6.20 Å². The number of hydrogen-bond donors (Lipinski definition) is 3. The van der Waals surface area contributed by atoms with Gasteiger partial charge in [0.15, 0.2) is 0 Å². The average Bonchev–Trinajstić information content (AvgIpc) is 3.32. The molecule has 0 aromatic carbocycles. The molecular weight excluding hydrogens is 414 g/mol. The van der Waals surface area contributed by atoms with Crippen molar-refractivity contribution in [2.75, 3.05) is 6.54 Å². The van der Waals surface area contributed by atoms with E-state index in [1.54, 1.807) is 0 Å². The van der Waals surface area contributed by atoms with Crippen LogP contribution >= 0.6 is 0 Å². The first-order chi connectivity index (χ1) is 15.0. The van der Waals surface area contributed by atoms with Gasteiger partial charge in [0, 0.05) is 18.9 Å². The highest BCUT2D eigenvalue weighted by Gasteiger charge is 2.51. The van der Waals surface area contributed by atoms with Crippen molar-refractivity contribution in [3.8, 4) is 0 Å². The molecule has 0 spiro atoms. The van der Waals surface area contributed by atoms with Crippen LogP contribution in [0.1, 0.15) is 57.4 Å². The summed E-state index contributed by atoms with van der Waals surface area (Å²) in [6.45, 7) is 7.33. The minimum Gasteiger partial charge on any atom is -0.480 e. The summed E-state index contributed by atoms with van der Waals surface area (Å²) in [6, 6.07) is -2.74. The molecule has 1 saturated heterocycles. The van der Waals surface area contributed by atoms with E-state index in [1.807, 2.05) is 20.8 Å². The van der Waals surface area contributed by atoms with Crippen LogP contribution < -0.4 is 10.6 Å². The Morgan fingerprint density at radius 2 is 1.88 bits per heavy atom. The Balaban J connectivity index is 1.72. The summed E-state index contributed by atoms with van der Waals surface area (Å²) in [5.41, 5.74) is -0.592. The Morgan fingerprint density at radius 1 is 1.16 bits per heavy atom. The van der Waals surface area contributed by atoms with E-state index in [4.69, 9.17) is 0 Å². The number of likely N-dealkylation sites (tertiary alicyclic amines) is 1. The lowest BCUT2D eigenvalue weighted by molar-refractivity contribution is -0.152. The first-order valence-corrected chi connectivity index (χ1v) is 10.9. The molecule has 0 unspecified atom stereocenters. The summed E-state index contributed by atoms with van der Waals surface area (Å²) in [5.74, 6) is -2.37. The zero-order chi connectivity index (χ0) is 23.6. The van der Waals surface area contributed by atoms with Gasteiger partial charge in [0.2, 0.25) is 11.8 Å². The van der Waals surface area contributed by atoms with Crippen LogP contribution in [0, 0.1) is 17.3 Å². The molecule has 1 aromatic rings. The molecule has 1 aliphatic heterocycles. The van der Waals surface area contributed by atoms with Crippen LogP contribution in [0.2, 0.25) is 0 Å². The summed E-state index contributed by atoms with van der Waals surface area (Å²) >= 11 is 0. The number of carbonyl (C=O) groups excluding carboxylic acids is 3. The van der Waals surface area contributed by atoms with E-state index in [1.165, 1.54) is 30.4 Å². The predicted molar refractivity (Wildman–Crippen MR) is 114 cm³/mol. The highest BCUT2D eigenvalue weighted by Crippen LogP contribution is 2.43. The van der Waals surface area contributed by atoms with Crippen molar-refractivity contribution >= 4 is 23.7 Å². The SMILES string of the molecule is C[C@H](NC(=O)c1cnccn1)C(=O)N[C@H](C(=O)N1C[C@@H]2CCC[C@@H]2[C@H]1C(=O)O)C(C)(C)C. The summed E-state index contributed by atoms with van der Waals surface area (Å²) in [4.78, 5) is 59.7. The van der Waals surface area contributed by atoms with Crippen LogP contribution in [0.15, 0.2) is 18.6 Å². The number of nitrogens with zero attached hydrogens (tertiary/aromatic N) is 3. The maximum Gasteiger partial charge on any atom is 0.326 e. The summed E-state index contributed by atoms with van der Waals surface area (Å²) < 4.78 is 0. The lowest BCUT2D eigenvalue weighted by Crippen LogP contribution is -2.59.